The number of aliphatic hydroxyl groups excluding tert-OH is 4. The summed E-state index contributed by atoms with van der Waals surface area (Å²) in [5, 5.41) is 41.0. The maximum Gasteiger partial charge on any atom is 0.241 e. The predicted octanol–water partition coefficient (Wildman–Crippen LogP) is 1.76. The molecule has 2 aromatic carbocycles. The molecule has 5 atom stereocenters. The quantitative estimate of drug-likeness (QED) is 0.267. The van der Waals surface area contributed by atoms with Crippen molar-refractivity contribution in [3.8, 4) is 0 Å². The van der Waals surface area contributed by atoms with Crippen molar-refractivity contribution in [1.29, 1.82) is 0 Å². The number of anilines is 1. The van der Waals surface area contributed by atoms with Crippen LogP contribution in [-0.4, -0.2) is 85.6 Å². The lowest BCUT2D eigenvalue weighted by Gasteiger charge is -2.40. The predicted molar refractivity (Wildman–Crippen MR) is 140 cm³/mol. The number of nitrogens with zero attached hydrogens (tertiary/aromatic N) is 1. The summed E-state index contributed by atoms with van der Waals surface area (Å²) < 4.78 is 34.6. The summed E-state index contributed by atoms with van der Waals surface area (Å²) in [6.45, 7) is 5.54. The second kappa shape index (κ2) is 13.1. The highest BCUT2D eigenvalue weighted by Crippen LogP contribution is 2.32. The van der Waals surface area contributed by atoms with Crippen LogP contribution in [0.5, 0.6) is 0 Å². The van der Waals surface area contributed by atoms with Crippen LogP contribution in [0.25, 0.3) is 10.8 Å². The van der Waals surface area contributed by atoms with Gasteiger partial charge in [0.15, 0.2) is 0 Å². The van der Waals surface area contributed by atoms with E-state index in [1.807, 2.05) is 24.3 Å². The maximum absolute atomic E-state index is 13.3. The maximum atomic E-state index is 13.3. The van der Waals surface area contributed by atoms with Gasteiger partial charge < -0.3 is 30.1 Å². The van der Waals surface area contributed by atoms with Gasteiger partial charge in [-0.2, -0.15) is 0 Å². The zero-order valence-electron chi connectivity index (χ0n) is 21.1. The number of benzene rings is 2. The van der Waals surface area contributed by atoms with Crippen LogP contribution >= 0.6 is 0 Å². The lowest BCUT2D eigenvalue weighted by molar-refractivity contribution is -0.229. The van der Waals surface area contributed by atoms with Gasteiger partial charge in [0.1, 0.15) is 24.4 Å². The Morgan fingerprint density at radius 3 is 2.14 bits per heavy atom. The molecule has 1 saturated heterocycles. The van der Waals surface area contributed by atoms with E-state index in [1.165, 1.54) is 0 Å². The van der Waals surface area contributed by atoms with Crippen molar-refractivity contribution in [2.45, 2.75) is 81.4 Å². The zero-order valence-corrected chi connectivity index (χ0v) is 21.9. The minimum Gasteiger partial charge on any atom is -0.394 e. The Labute approximate surface area is 213 Å². The lowest BCUT2D eigenvalue weighted by Crippen LogP contribution is -2.58. The van der Waals surface area contributed by atoms with Gasteiger partial charge in [-0.3, -0.25) is 0 Å². The molecule has 5 N–H and O–H groups in total. The Morgan fingerprint density at radius 1 is 0.889 bits per heavy atom. The van der Waals surface area contributed by atoms with E-state index < -0.39 is 47.2 Å². The number of fused-ring (bicyclic) bond motifs is 1. The number of aliphatic hydroxyl groups is 4. The van der Waals surface area contributed by atoms with Gasteiger partial charge in [-0.05, 0) is 31.4 Å². The van der Waals surface area contributed by atoms with Gasteiger partial charge >= 0.3 is 0 Å². The van der Waals surface area contributed by atoms with Crippen LogP contribution in [-0.2, 0) is 14.8 Å². The summed E-state index contributed by atoms with van der Waals surface area (Å²) in [5.41, 5.74) is 1.02. The first-order chi connectivity index (χ1) is 17.2. The van der Waals surface area contributed by atoms with E-state index in [0.29, 0.717) is 5.39 Å². The molecule has 202 valence electrons. The highest BCUT2D eigenvalue weighted by atomic mass is 32.2. The van der Waals surface area contributed by atoms with Crippen LogP contribution in [0.1, 0.15) is 46.0 Å². The number of sulfonamides is 1. The fraction of sp³-hybridized carbons (Fsp3) is 0.615. The summed E-state index contributed by atoms with van der Waals surface area (Å²) in [6, 6.07) is 11.0. The molecule has 1 fully saturated rings. The number of hydrogen-bond acceptors (Lipinski definition) is 8. The Morgan fingerprint density at radius 2 is 1.50 bits per heavy atom. The van der Waals surface area contributed by atoms with Gasteiger partial charge in [-0.25, -0.2) is 13.1 Å². The third-order valence-corrected chi connectivity index (χ3v) is 8.28. The van der Waals surface area contributed by atoms with Crippen molar-refractivity contribution in [3.63, 3.8) is 0 Å². The molecule has 0 aromatic heterocycles. The monoisotopic (exact) mass is 524 g/mol. The lowest BCUT2D eigenvalue weighted by atomic mass is 9.94. The van der Waals surface area contributed by atoms with Crippen LogP contribution in [0.15, 0.2) is 41.3 Å². The molecule has 0 saturated carbocycles. The molecule has 3 rings (SSSR count). The van der Waals surface area contributed by atoms with E-state index in [-0.39, 0.29) is 17.9 Å². The fourth-order valence-electron chi connectivity index (χ4n) is 4.66. The van der Waals surface area contributed by atoms with Crippen LogP contribution < -0.4 is 9.62 Å². The smallest absolute Gasteiger partial charge is 0.241 e. The van der Waals surface area contributed by atoms with Gasteiger partial charge in [0, 0.05) is 36.1 Å². The number of hydrogen-bond donors (Lipinski definition) is 5. The molecule has 0 unspecified atom stereocenters. The number of ether oxygens (including phenoxy) is 1. The minimum atomic E-state index is -3.89. The Kier molecular flexibility index (Phi) is 10.5. The second-order valence-electron chi connectivity index (χ2n) is 9.38. The minimum absolute atomic E-state index is 0.0541. The Balaban J connectivity index is 1.79. The van der Waals surface area contributed by atoms with E-state index >= 15 is 0 Å². The van der Waals surface area contributed by atoms with Gasteiger partial charge in [0.2, 0.25) is 10.0 Å². The van der Waals surface area contributed by atoms with Gasteiger partial charge in [0.05, 0.1) is 17.6 Å². The van der Waals surface area contributed by atoms with Crippen molar-refractivity contribution < 1.29 is 33.6 Å². The van der Waals surface area contributed by atoms with E-state index in [0.717, 1.165) is 49.8 Å². The number of nitrogens with one attached hydrogen (secondary N) is 1. The third kappa shape index (κ3) is 6.55. The van der Waals surface area contributed by atoms with Crippen molar-refractivity contribution >= 4 is 26.5 Å². The van der Waals surface area contributed by atoms with Crippen molar-refractivity contribution in [2.75, 3.05) is 31.1 Å². The summed E-state index contributed by atoms with van der Waals surface area (Å²) in [6.07, 6.45) is -1.98. The molecular formula is C26H40N2O7S. The molecule has 0 radical (unpaired) electrons. The number of unbranched alkanes of at least 4 members (excludes halogenated alkanes) is 2. The third-order valence-electron chi connectivity index (χ3n) is 6.76. The van der Waals surface area contributed by atoms with Gasteiger partial charge in [-0.1, -0.05) is 51.0 Å². The highest BCUT2D eigenvalue weighted by molar-refractivity contribution is 7.89. The van der Waals surface area contributed by atoms with Gasteiger partial charge in [0.25, 0.3) is 0 Å². The summed E-state index contributed by atoms with van der Waals surface area (Å²) in [7, 11) is -3.89. The van der Waals surface area contributed by atoms with Gasteiger partial charge in [-0.15, -0.1) is 0 Å². The van der Waals surface area contributed by atoms with Crippen LogP contribution in [0.3, 0.4) is 0 Å². The molecule has 1 aliphatic heterocycles. The van der Waals surface area contributed by atoms with E-state index in [2.05, 4.69) is 23.5 Å². The van der Waals surface area contributed by atoms with Crippen LogP contribution in [0, 0.1) is 0 Å². The molecule has 1 heterocycles. The van der Waals surface area contributed by atoms with E-state index in [1.54, 1.807) is 12.1 Å². The normalized spacial score (nSPS) is 24.8. The average Bonchev–Trinajstić information content (AvgIpc) is 2.88. The molecular weight excluding hydrogens is 484 g/mol. The Hall–Kier alpha value is -1.79. The molecule has 1 aliphatic rings. The first-order valence-electron chi connectivity index (χ1n) is 12.8. The molecule has 9 nitrogen and oxygen atoms in total. The molecule has 0 amide bonds. The second-order valence-corrected chi connectivity index (χ2v) is 11.1. The highest BCUT2D eigenvalue weighted by Gasteiger charge is 2.43. The topological polar surface area (TPSA) is 140 Å². The van der Waals surface area contributed by atoms with E-state index in [9.17, 15) is 28.8 Å². The average molecular weight is 525 g/mol. The standard InChI is InChI=1S/C26H40N2O7S/c1-3-5-15-28(16-6-4-2)20-11-7-10-19-18(20)9-8-12-23(19)36(33,34)27-14-13-21-24(30)26(32)25(31)22(17-29)35-21/h7-12,21-22,24-27,29-32H,3-6,13-17H2,1-2H3/t21-,22-,24+,25-,26-/m1/s1. The summed E-state index contributed by atoms with van der Waals surface area (Å²) in [5.74, 6) is 0. The molecule has 10 heteroatoms. The molecule has 0 aliphatic carbocycles. The van der Waals surface area contributed by atoms with Crippen LogP contribution in [0.2, 0.25) is 0 Å². The van der Waals surface area contributed by atoms with Crippen molar-refractivity contribution in [2.24, 2.45) is 0 Å². The largest absolute Gasteiger partial charge is 0.394 e. The first kappa shape index (κ1) is 28.8. The fourth-order valence-corrected chi connectivity index (χ4v) is 5.92. The molecule has 0 spiro atoms. The SMILES string of the molecule is CCCCN(CCCC)c1cccc2c(S(=O)(=O)NCC[C@H]3O[C@H](CO)[C@@H](O)[C@H](O)[C@H]3O)cccc12. The number of rotatable bonds is 13. The summed E-state index contributed by atoms with van der Waals surface area (Å²) >= 11 is 0. The first-order valence-corrected chi connectivity index (χ1v) is 14.3. The zero-order chi connectivity index (χ0) is 26.3. The summed E-state index contributed by atoms with van der Waals surface area (Å²) in [4.78, 5) is 2.50. The molecule has 0 bridgehead atoms. The van der Waals surface area contributed by atoms with Crippen molar-refractivity contribution in [3.05, 3.63) is 36.4 Å². The molecule has 2 aromatic rings. The van der Waals surface area contributed by atoms with Crippen LogP contribution in [0.4, 0.5) is 5.69 Å². The van der Waals surface area contributed by atoms with E-state index in [4.69, 9.17) is 4.74 Å². The Bertz CT molecular complexity index is 1070. The molecule has 36 heavy (non-hydrogen) atoms. The van der Waals surface area contributed by atoms with Crippen molar-refractivity contribution in [1.82, 2.24) is 4.72 Å².